The monoisotopic (exact) mass is 291 g/mol. The first-order valence-electron chi connectivity index (χ1n) is 5.81. The lowest BCUT2D eigenvalue weighted by atomic mass is 10.3. The van der Waals surface area contributed by atoms with Crippen LogP contribution >= 0.6 is 7.60 Å². The van der Waals surface area contributed by atoms with Crippen molar-refractivity contribution in [3.63, 3.8) is 0 Å². The molecule has 0 aliphatic carbocycles. The van der Waals surface area contributed by atoms with Crippen molar-refractivity contribution in [2.45, 2.75) is 26.0 Å². The second-order valence-corrected chi connectivity index (χ2v) is 5.85. The molecule has 0 saturated carbocycles. The van der Waals surface area contributed by atoms with Crippen molar-refractivity contribution in [1.29, 1.82) is 0 Å². The highest BCUT2D eigenvalue weighted by Gasteiger charge is 2.15. The van der Waals surface area contributed by atoms with Crippen LogP contribution < -0.4 is 11.4 Å². The van der Waals surface area contributed by atoms with Crippen molar-refractivity contribution in [3.8, 4) is 0 Å². The topological polar surface area (TPSA) is 128 Å². The smallest absolute Gasteiger partial charge is 0.349 e. The van der Waals surface area contributed by atoms with Crippen LogP contribution in [0.3, 0.4) is 0 Å². The number of nitrogens with two attached hydrogens (primary N) is 1. The minimum absolute atomic E-state index is 0.0556. The average Bonchev–Trinajstić information content (AvgIpc) is 2.29. The predicted molar refractivity (Wildman–Crippen MR) is 69.9 cm³/mol. The maximum absolute atomic E-state index is 11.5. The summed E-state index contributed by atoms with van der Waals surface area (Å²) in [6, 6.07) is 1.50. The zero-order valence-corrected chi connectivity index (χ0v) is 11.5. The fraction of sp³-hybridized carbons (Fsp3) is 0.600. The van der Waals surface area contributed by atoms with E-state index in [1.807, 2.05) is 6.92 Å². The van der Waals surface area contributed by atoms with Gasteiger partial charge in [-0.25, -0.2) is 4.79 Å². The summed E-state index contributed by atoms with van der Waals surface area (Å²) in [5.41, 5.74) is 4.90. The standard InChI is InChI=1S/C10H18N3O5P/c1-2-8(18-5-6-19(15,16)17)7-13-4-3-9(11)12-10(13)14/h3-4,8H,2,5-7H2,1H3,(H2,11,12,14)(H2,15,16,17)/t8-/m1/s1. The highest BCUT2D eigenvalue weighted by atomic mass is 31.2. The van der Waals surface area contributed by atoms with Crippen molar-refractivity contribution in [1.82, 2.24) is 9.55 Å². The van der Waals surface area contributed by atoms with Gasteiger partial charge in [-0.05, 0) is 12.5 Å². The Morgan fingerprint density at radius 2 is 2.26 bits per heavy atom. The van der Waals surface area contributed by atoms with Gasteiger partial charge in [-0.15, -0.1) is 0 Å². The Kier molecular flexibility index (Phi) is 5.68. The van der Waals surface area contributed by atoms with E-state index >= 15 is 0 Å². The molecule has 0 aromatic carbocycles. The van der Waals surface area contributed by atoms with Crippen LogP contribution in [0.1, 0.15) is 13.3 Å². The molecule has 4 N–H and O–H groups in total. The summed E-state index contributed by atoms with van der Waals surface area (Å²) in [7, 11) is -4.05. The number of aromatic nitrogens is 2. The molecule has 0 saturated heterocycles. The van der Waals surface area contributed by atoms with E-state index in [9.17, 15) is 9.36 Å². The van der Waals surface area contributed by atoms with Gasteiger partial charge in [0.1, 0.15) is 5.82 Å². The molecule has 0 aliphatic heterocycles. The Morgan fingerprint density at radius 1 is 1.58 bits per heavy atom. The zero-order valence-electron chi connectivity index (χ0n) is 10.6. The summed E-state index contributed by atoms with van der Waals surface area (Å²) < 4.78 is 17.4. The first-order valence-corrected chi connectivity index (χ1v) is 7.60. The Balaban J connectivity index is 2.57. The van der Waals surface area contributed by atoms with Gasteiger partial charge in [-0.2, -0.15) is 4.98 Å². The minimum atomic E-state index is -4.05. The third-order valence-corrected chi connectivity index (χ3v) is 3.25. The van der Waals surface area contributed by atoms with Crippen LogP contribution in [0.2, 0.25) is 0 Å². The molecule has 0 amide bonds. The summed E-state index contributed by atoms with van der Waals surface area (Å²) in [6.07, 6.45) is 1.48. The van der Waals surface area contributed by atoms with E-state index in [2.05, 4.69) is 4.98 Å². The third kappa shape index (κ3) is 5.98. The molecule has 8 nitrogen and oxygen atoms in total. The molecule has 1 atom stereocenters. The lowest BCUT2D eigenvalue weighted by molar-refractivity contribution is 0.0465. The minimum Gasteiger partial charge on any atom is -0.383 e. The zero-order chi connectivity index (χ0) is 14.5. The molecule has 19 heavy (non-hydrogen) atoms. The second kappa shape index (κ2) is 6.81. The quantitative estimate of drug-likeness (QED) is 0.593. The van der Waals surface area contributed by atoms with E-state index in [0.29, 0.717) is 6.42 Å². The van der Waals surface area contributed by atoms with Crippen LogP contribution in [-0.4, -0.2) is 38.2 Å². The largest absolute Gasteiger partial charge is 0.383 e. The number of rotatable bonds is 7. The molecular formula is C10H18N3O5P. The Labute approximate surface area is 110 Å². The van der Waals surface area contributed by atoms with E-state index in [0.717, 1.165) is 0 Å². The number of anilines is 1. The molecule has 108 valence electrons. The van der Waals surface area contributed by atoms with Crippen molar-refractivity contribution in [2.75, 3.05) is 18.5 Å². The van der Waals surface area contributed by atoms with Crippen molar-refractivity contribution < 1.29 is 19.1 Å². The summed E-state index contributed by atoms with van der Waals surface area (Å²) in [4.78, 5) is 32.5. The molecule has 0 aliphatic rings. The van der Waals surface area contributed by atoms with E-state index in [1.54, 1.807) is 0 Å². The summed E-state index contributed by atoms with van der Waals surface area (Å²) in [6.45, 7) is 2.07. The van der Waals surface area contributed by atoms with Crippen LogP contribution in [0, 0.1) is 0 Å². The molecule has 0 radical (unpaired) electrons. The first kappa shape index (κ1) is 15.8. The normalized spacial score (nSPS) is 13.4. The highest BCUT2D eigenvalue weighted by Crippen LogP contribution is 2.33. The van der Waals surface area contributed by atoms with Crippen LogP contribution in [0.15, 0.2) is 17.1 Å². The van der Waals surface area contributed by atoms with Gasteiger partial charge in [0, 0.05) is 6.20 Å². The molecule has 0 fully saturated rings. The van der Waals surface area contributed by atoms with Gasteiger partial charge in [0.25, 0.3) is 0 Å². The van der Waals surface area contributed by atoms with Gasteiger partial charge in [-0.1, -0.05) is 6.92 Å². The van der Waals surface area contributed by atoms with Gasteiger partial charge in [0.05, 0.1) is 25.4 Å². The molecule has 0 bridgehead atoms. The van der Waals surface area contributed by atoms with Gasteiger partial charge in [0.15, 0.2) is 0 Å². The van der Waals surface area contributed by atoms with Crippen molar-refractivity contribution in [3.05, 3.63) is 22.7 Å². The molecule has 1 rings (SSSR count). The predicted octanol–water partition coefficient (Wildman–Crippen LogP) is -0.202. The average molecular weight is 291 g/mol. The molecular weight excluding hydrogens is 273 g/mol. The van der Waals surface area contributed by atoms with Crippen LogP contribution in [0.4, 0.5) is 5.82 Å². The fourth-order valence-corrected chi connectivity index (χ4v) is 1.78. The van der Waals surface area contributed by atoms with Gasteiger partial charge in [-0.3, -0.25) is 9.13 Å². The van der Waals surface area contributed by atoms with Gasteiger partial charge < -0.3 is 20.3 Å². The van der Waals surface area contributed by atoms with Gasteiger partial charge in [0.2, 0.25) is 0 Å². The summed E-state index contributed by atoms with van der Waals surface area (Å²) in [5, 5.41) is 0. The number of nitrogen functional groups attached to an aromatic ring is 1. The van der Waals surface area contributed by atoms with Gasteiger partial charge >= 0.3 is 13.3 Å². The highest BCUT2D eigenvalue weighted by molar-refractivity contribution is 7.51. The molecule has 9 heteroatoms. The number of nitrogens with zero attached hydrogens (tertiary/aromatic N) is 2. The Morgan fingerprint density at radius 3 is 2.79 bits per heavy atom. The number of hydrogen-bond donors (Lipinski definition) is 3. The SMILES string of the molecule is CC[C@H](Cn1ccc(N)nc1=O)OCCP(=O)(O)O. The van der Waals surface area contributed by atoms with E-state index < -0.39 is 13.3 Å². The lowest BCUT2D eigenvalue weighted by Crippen LogP contribution is -2.30. The van der Waals surface area contributed by atoms with Crippen LogP contribution in [0.5, 0.6) is 0 Å². The maximum atomic E-state index is 11.5. The number of hydrogen-bond acceptors (Lipinski definition) is 5. The third-order valence-electron chi connectivity index (χ3n) is 2.49. The summed E-state index contributed by atoms with van der Waals surface area (Å²) >= 11 is 0. The second-order valence-electron chi connectivity index (χ2n) is 4.08. The molecule has 1 heterocycles. The summed E-state index contributed by atoms with van der Waals surface area (Å²) in [5.74, 6) is 0.150. The number of ether oxygens (including phenoxy) is 1. The Hall–Kier alpha value is -1.21. The molecule has 1 aromatic heterocycles. The maximum Gasteiger partial charge on any atom is 0.349 e. The van der Waals surface area contributed by atoms with E-state index in [4.69, 9.17) is 20.3 Å². The van der Waals surface area contributed by atoms with E-state index in [1.165, 1.54) is 16.8 Å². The van der Waals surface area contributed by atoms with Crippen molar-refractivity contribution in [2.24, 2.45) is 0 Å². The van der Waals surface area contributed by atoms with Crippen molar-refractivity contribution >= 4 is 13.4 Å². The molecule has 0 unspecified atom stereocenters. The molecule has 0 spiro atoms. The van der Waals surface area contributed by atoms with Crippen LogP contribution in [0.25, 0.3) is 0 Å². The Bertz CT molecular complexity index is 512. The first-order chi connectivity index (χ1) is 8.81. The van der Waals surface area contributed by atoms with Crippen LogP contribution in [-0.2, 0) is 15.8 Å². The fourth-order valence-electron chi connectivity index (χ4n) is 1.44. The van der Waals surface area contributed by atoms with E-state index in [-0.39, 0.29) is 31.2 Å². The molecule has 1 aromatic rings. The lowest BCUT2D eigenvalue weighted by Gasteiger charge is -2.17.